The third-order valence-electron chi connectivity index (χ3n) is 5.91. The molecule has 4 aromatic rings. The number of aromatic nitrogens is 5. The molecule has 0 aromatic carbocycles. The fraction of sp³-hybridized carbons (Fsp3) is 0.435. The van der Waals surface area contributed by atoms with E-state index in [4.69, 9.17) is 9.47 Å². The van der Waals surface area contributed by atoms with Crippen LogP contribution in [-0.2, 0) is 11.3 Å². The van der Waals surface area contributed by atoms with Gasteiger partial charge in [0, 0.05) is 24.2 Å². The molecule has 8 nitrogen and oxygen atoms in total. The third-order valence-corrected chi connectivity index (χ3v) is 6.98. The van der Waals surface area contributed by atoms with Gasteiger partial charge >= 0.3 is 0 Å². The quantitative estimate of drug-likeness (QED) is 0.389. The Labute approximate surface area is 190 Å². The molecule has 0 atom stereocenters. The molecule has 0 unspecified atom stereocenters. The zero-order valence-electron chi connectivity index (χ0n) is 18.3. The van der Waals surface area contributed by atoms with Crippen molar-refractivity contribution in [2.75, 3.05) is 18.5 Å². The van der Waals surface area contributed by atoms with Gasteiger partial charge in [-0.25, -0.2) is 15.0 Å². The summed E-state index contributed by atoms with van der Waals surface area (Å²) in [6, 6.07) is 3.90. The molecule has 0 bridgehead atoms. The summed E-state index contributed by atoms with van der Waals surface area (Å²) in [7, 11) is 0. The molecular formula is C23H26N6O2S. The Morgan fingerprint density at radius 2 is 1.94 bits per heavy atom. The highest BCUT2D eigenvalue weighted by molar-refractivity contribution is 7.25. The zero-order valence-corrected chi connectivity index (χ0v) is 19.1. The number of hydrogen-bond acceptors (Lipinski definition) is 9. The number of hydrogen-bond donors (Lipinski definition) is 1. The van der Waals surface area contributed by atoms with E-state index in [1.165, 1.54) is 25.7 Å². The lowest BCUT2D eigenvalue weighted by Gasteiger charge is -2.11. The standard InChI is InChI=1S/C23H26N6O2S/c1-14-15(2)28-29-23-19(14)20-21(32-23)22(27-13-26-20)25-12-16-7-8-18(24-11-16)31-10-9-30-17-5-3-4-6-17/h7-8,11,13,17H,3-6,9-10,12H2,1-2H3,(H,25,26,27). The average Bonchev–Trinajstić information content (AvgIpc) is 3.47. The minimum absolute atomic E-state index is 0.411. The van der Waals surface area contributed by atoms with Gasteiger partial charge in [0.05, 0.1) is 28.6 Å². The Bertz CT molecular complexity index is 1220. The van der Waals surface area contributed by atoms with Crippen LogP contribution in [0, 0.1) is 13.8 Å². The number of thiophene rings is 1. The van der Waals surface area contributed by atoms with E-state index >= 15 is 0 Å². The fourth-order valence-corrected chi connectivity index (χ4v) is 5.11. The summed E-state index contributed by atoms with van der Waals surface area (Å²) in [6.07, 6.45) is 8.73. The van der Waals surface area contributed by atoms with Crippen LogP contribution in [0.25, 0.3) is 20.4 Å². The van der Waals surface area contributed by atoms with Gasteiger partial charge in [0.25, 0.3) is 0 Å². The molecular weight excluding hydrogens is 424 g/mol. The van der Waals surface area contributed by atoms with Crippen molar-refractivity contribution in [3.05, 3.63) is 41.5 Å². The second-order valence-electron chi connectivity index (χ2n) is 8.08. The SMILES string of the molecule is Cc1nnc2sc3c(NCc4ccc(OCCOC5CCCC5)nc4)ncnc3c2c1C. The number of anilines is 1. The summed E-state index contributed by atoms with van der Waals surface area (Å²) < 4.78 is 12.5. The van der Waals surface area contributed by atoms with E-state index in [0.29, 0.717) is 31.7 Å². The highest BCUT2D eigenvalue weighted by Gasteiger charge is 2.16. The van der Waals surface area contributed by atoms with Crippen molar-refractivity contribution in [2.45, 2.75) is 52.2 Å². The molecule has 5 rings (SSSR count). The van der Waals surface area contributed by atoms with Crippen LogP contribution in [0.5, 0.6) is 5.88 Å². The molecule has 1 N–H and O–H groups in total. The van der Waals surface area contributed by atoms with Gasteiger partial charge in [-0.1, -0.05) is 18.9 Å². The largest absolute Gasteiger partial charge is 0.475 e. The minimum atomic E-state index is 0.411. The Morgan fingerprint density at radius 1 is 1.06 bits per heavy atom. The van der Waals surface area contributed by atoms with E-state index in [1.807, 2.05) is 25.3 Å². The molecule has 4 aromatic heterocycles. The molecule has 166 valence electrons. The van der Waals surface area contributed by atoms with Crippen LogP contribution in [-0.4, -0.2) is 44.5 Å². The predicted octanol–water partition coefficient (Wildman–Crippen LogP) is 4.60. The molecule has 32 heavy (non-hydrogen) atoms. The molecule has 1 aliphatic carbocycles. The predicted molar refractivity (Wildman–Crippen MR) is 125 cm³/mol. The van der Waals surface area contributed by atoms with Gasteiger partial charge in [0.2, 0.25) is 5.88 Å². The lowest BCUT2D eigenvalue weighted by molar-refractivity contribution is 0.0373. The summed E-state index contributed by atoms with van der Waals surface area (Å²) in [5.41, 5.74) is 3.99. The molecule has 0 spiro atoms. The molecule has 0 saturated heterocycles. The highest BCUT2D eigenvalue weighted by atomic mass is 32.1. The maximum atomic E-state index is 5.82. The summed E-state index contributed by atoms with van der Waals surface area (Å²) in [5.74, 6) is 1.40. The number of ether oxygens (including phenoxy) is 2. The van der Waals surface area contributed by atoms with Crippen LogP contribution >= 0.6 is 11.3 Å². The Balaban J connectivity index is 1.21. The molecule has 1 aliphatic rings. The molecule has 0 radical (unpaired) electrons. The van der Waals surface area contributed by atoms with Crippen LogP contribution in [0.3, 0.4) is 0 Å². The fourth-order valence-electron chi connectivity index (χ4n) is 4.01. The normalized spacial score (nSPS) is 14.4. The van der Waals surface area contributed by atoms with Gasteiger partial charge in [0.15, 0.2) is 0 Å². The van der Waals surface area contributed by atoms with Crippen molar-refractivity contribution in [3.8, 4) is 5.88 Å². The van der Waals surface area contributed by atoms with Crippen LogP contribution in [0.4, 0.5) is 5.82 Å². The van der Waals surface area contributed by atoms with E-state index in [-0.39, 0.29) is 0 Å². The van der Waals surface area contributed by atoms with Crippen LogP contribution in [0.15, 0.2) is 24.7 Å². The number of pyridine rings is 1. The van der Waals surface area contributed by atoms with Gasteiger partial charge in [-0.3, -0.25) is 0 Å². The van der Waals surface area contributed by atoms with Crippen LogP contribution in [0.1, 0.15) is 42.5 Å². The number of nitrogens with zero attached hydrogens (tertiary/aromatic N) is 5. The number of rotatable bonds is 8. The summed E-state index contributed by atoms with van der Waals surface area (Å²) in [5, 5.41) is 13.1. The number of nitrogens with one attached hydrogen (secondary N) is 1. The third kappa shape index (κ3) is 4.35. The number of fused-ring (bicyclic) bond motifs is 3. The van der Waals surface area contributed by atoms with Gasteiger partial charge in [-0.2, -0.15) is 5.10 Å². The van der Waals surface area contributed by atoms with E-state index in [0.717, 1.165) is 43.1 Å². The van der Waals surface area contributed by atoms with Crippen molar-refractivity contribution in [2.24, 2.45) is 0 Å². The van der Waals surface area contributed by atoms with Gasteiger partial charge in [0.1, 0.15) is 23.6 Å². The Kier molecular flexibility index (Phi) is 6.09. The summed E-state index contributed by atoms with van der Waals surface area (Å²) in [4.78, 5) is 14.3. The van der Waals surface area contributed by atoms with E-state index in [1.54, 1.807) is 17.7 Å². The first-order valence-electron chi connectivity index (χ1n) is 11.0. The maximum absolute atomic E-state index is 5.82. The lowest BCUT2D eigenvalue weighted by atomic mass is 10.1. The molecule has 0 amide bonds. The monoisotopic (exact) mass is 450 g/mol. The van der Waals surface area contributed by atoms with Crippen molar-refractivity contribution >= 4 is 37.6 Å². The van der Waals surface area contributed by atoms with Gasteiger partial charge < -0.3 is 14.8 Å². The van der Waals surface area contributed by atoms with Gasteiger partial charge in [-0.15, -0.1) is 16.4 Å². The first-order valence-corrected chi connectivity index (χ1v) is 11.8. The van der Waals surface area contributed by atoms with Crippen LogP contribution < -0.4 is 10.1 Å². The molecule has 9 heteroatoms. The average molecular weight is 451 g/mol. The zero-order chi connectivity index (χ0) is 21.9. The van der Waals surface area contributed by atoms with E-state index < -0.39 is 0 Å². The molecule has 0 aliphatic heterocycles. The Morgan fingerprint density at radius 3 is 2.75 bits per heavy atom. The van der Waals surface area contributed by atoms with E-state index in [2.05, 4.69) is 37.4 Å². The van der Waals surface area contributed by atoms with Crippen molar-refractivity contribution < 1.29 is 9.47 Å². The van der Waals surface area contributed by atoms with Crippen LogP contribution in [0.2, 0.25) is 0 Å². The lowest BCUT2D eigenvalue weighted by Crippen LogP contribution is -2.14. The second kappa shape index (κ2) is 9.30. The number of aryl methyl sites for hydroxylation is 2. The molecule has 4 heterocycles. The first-order chi connectivity index (χ1) is 15.7. The van der Waals surface area contributed by atoms with Crippen molar-refractivity contribution in [3.63, 3.8) is 0 Å². The maximum Gasteiger partial charge on any atom is 0.213 e. The first kappa shape index (κ1) is 21.0. The summed E-state index contributed by atoms with van der Waals surface area (Å²) >= 11 is 1.56. The van der Waals surface area contributed by atoms with Gasteiger partial charge in [-0.05, 0) is 37.8 Å². The van der Waals surface area contributed by atoms with Crippen molar-refractivity contribution in [1.82, 2.24) is 25.1 Å². The van der Waals surface area contributed by atoms with E-state index in [9.17, 15) is 0 Å². The highest BCUT2D eigenvalue weighted by Crippen LogP contribution is 2.36. The molecule has 1 saturated carbocycles. The Hall–Kier alpha value is -2.91. The second-order valence-corrected chi connectivity index (χ2v) is 9.08. The minimum Gasteiger partial charge on any atom is -0.475 e. The van der Waals surface area contributed by atoms with Crippen molar-refractivity contribution in [1.29, 1.82) is 0 Å². The molecule has 1 fully saturated rings. The summed E-state index contributed by atoms with van der Waals surface area (Å²) in [6.45, 7) is 5.76. The topological polar surface area (TPSA) is 94.9 Å². The smallest absolute Gasteiger partial charge is 0.213 e.